The first kappa shape index (κ1) is 13.5. The van der Waals surface area contributed by atoms with Crippen LogP contribution in [0.15, 0.2) is 0 Å². The molecule has 0 aromatic carbocycles. The first-order valence-electron chi connectivity index (χ1n) is 3.01. The Morgan fingerprint density at radius 3 is 1.71 bits per heavy atom. The van der Waals surface area contributed by atoms with Gasteiger partial charge in [-0.2, -0.15) is 30.4 Å². The van der Waals surface area contributed by atoms with E-state index in [9.17, 15) is 34.9 Å². The Balaban J connectivity index is 4.52. The van der Waals surface area contributed by atoms with Crippen LogP contribution in [-0.2, 0) is 14.5 Å². The maximum absolute atomic E-state index is 12.3. The molecule has 0 saturated carbocycles. The largest absolute Gasteiger partial charge is 0.389 e. The smallest absolute Gasteiger partial charge is 0.190 e. The summed E-state index contributed by atoms with van der Waals surface area (Å²) in [7, 11) is -5.92. The first-order chi connectivity index (χ1) is 6.02. The third-order valence-electron chi connectivity index (χ3n) is 1.15. The average Bonchev–Trinajstić information content (AvgIpc) is 1.99. The molecule has 86 valence electrons. The molecule has 0 aliphatic carbocycles. The fourth-order valence-corrected chi connectivity index (χ4v) is 0.903. The quantitative estimate of drug-likeness (QED) is 0.714. The van der Waals surface area contributed by atoms with Gasteiger partial charge in [0.25, 0.3) is 0 Å². The zero-order valence-corrected chi connectivity index (χ0v) is 7.13. The summed E-state index contributed by atoms with van der Waals surface area (Å²) in [5, 5.41) is -4.89. The SMILES string of the molecule is O=S(=O)(OF)C(F)(F)CCC(F)(F)F. The minimum atomic E-state index is -5.92. The van der Waals surface area contributed by atoms with E-state index in [0.717, 1.165) is 0 Å². The second-order valence-electron chi connectivity index (χ2n) is 2.27. The van der Waals surface area contributed by atoms with E-state index in [2.05, 4.69) is 0 Å². The monoisotopic (exact) mass is 246 g/mol. The predicted molar refractivity (Wildman–Crippen MR) is 31.3 cm³/mol. The van der Waals surface area contributed by atoms with Gasteiger partial charge in [-0.1, -0.05) is 4.39 Å². The van der Waals surface area contributed by atoms with Crippen molar-refractivity contribution in [2.24, 2.45) is 0 Å². The summed E-state index contributed by atoms with van der Waals surface area (Å²) in [4.78, 5) is 0. The Kier molecular flexibility index (Phi) is 3.78. The van der Waals surface area contributed by atoms with E-state index in [0.29, 0.717) is 0 Å². The van der Waals surface area contributed by atoms with Crippen LogP contribution in [0.4, 0.5) is 26.5 Å². The molecule has 0 aromatic heterocycles. The molecule has 0 aliphatic rings. The van der Waals surface area contributed by atoms with Crippen LogP contribution in [0.25, 0.3) is 0 Å². The summed E-state index contributed by atoms with van der Waals surface area (Å²) in [6.07, 6.45) is -9.08. The van der Waals surface area contributed by atoms with Gasteiger partial charge in [0.15, 0.2) is 0 Å². The minimum Gasteiger partial charge on any atom is -0.190 e. The van der Waals surface area contributed by atoms with Gasteiger partial charge < -0.3 is 0 Å². The lowest BCUT2D eigenvalue weighted by Gasteiger charge is -2.14. The number of rotatable bonds is 4. The Labute approximate surface area is 74.7 Å². The summed E-state index contributed by atoms with van der Waals surface area (Å²) in [6.45, 7) is 0. The predicted octanol–water partition coefficient (Wildman–Crippen LogP) is 2.15. The Morgan fingerprint density at radius 2 is 1.43 bits per heavy atom. The third-order valence-corrected chi connectivity index (χ3v) is 2.25. The molecule has 0 rings (SSSR count). The molecule has 0 N–H and O–H groups in total. The van der Waals surface area contributed by atoms with Gasteiger partial charge in [-0.3, -0.25) is 0 Å². The van der Waals surface area contributed by atoms with Gasteiger partial charge in [0.2, 0.25) is 0 Å². The molecule has 0 amide bonds. The van der Waals surface area contributed by atoms with Crippen molar-refractivity contribution >= 4 is 10.1 Å². The Morgan fingerprint density at radius 1 is 1.00 bits per heavy atom. The lowest BCUT2D eigenvalue weighted by molar-refractivity contribution is -0.145. The average molecular weight is 246 g/mol. The Hall–Kier alpha value is -0.510. The highest BCUT2D eigenvalue weighted by molar-refractivity contribution is 7.87. The van der Waals surface area contributed by atoms with Gasteiger partial charge in [0.1, 0.15) is 0 Å². The van der Waals surface area contributed by atoms with Crippen molar-refractivity contribution in [3.63, 3.8) is 0 Å². The molecule has 0 aliphatic heterocycles. The maximum Gasteiger partial charge on any atom is 0.389 e. The van der Waals surface area contributed by atoms with E-state index in [4.69, 9.17) is 0 Å². The summed E-state index contributed by atoms with van der Waals surface area (Å²) in [6, 6.07) is 0. The first-order valence-corrected chi connectivity index (χ1v) is 4.42. The van der Waals surface area contributed by atoms with Gasteiger partial charge in [0, 0.05) is 6.42 Å². The highest BCUT2D eigenvalue weighted by Gasteiger charge is 2.49. The van der Waals surface area contributed by atoms with Crippen LogP contribution in [0.5, 0.6) is 0 Å². The molecule has 14 heavy (non-hydrogen) atoms. The number of halogens is 6. The highest BCUT2D eigenvalue weighted by Crippen LogP contribution is 2.33. The van der Waals surface area contributed by atoms with Crippen molar-refractivity contribution in [1.29, 1.82) is 0 Å². The van der Waals surface area contributed by atoms with Crippen molar-refractivity contribution in [2.75, 3.05) is 0 Å². The fraction of sp³-hybridized carbons (Fsp3) is 1.00. The number of hydrogen-bond acceptors (Lipinski definition) is 3. The van der Waals surface area contributed by atoms with Crippen LogP contribution >= 0.6 is 0 Å². The van der Waals surface area contributed by atoms with Crippen LogP contribution in [-0.4, -0.2) is 19.8 Å². The van der Waals surface area contributed by atoms with E-state index >= 15 is 0 Å². The van der Waals surface area contributed by atoms with Gasteiger partial charge in [-0.25, -0.2) is 0 Å². The molecule has 0 saturated heterocycles. The lowest BCUT2D eigenvalue weighted by atomic mass is 10.3. The lowest BCUT2D eigenvalue weighted by Crippen LogP contribution is -2.30. The summed E-state index contributed by atoms with van der Waals surface area (Å²) < 4.78 is 91.8. The van der Waals surface area contributed by atoms with Crippen molar-refractivity contribution in [3.8, 4) is 0 Å². The number of alkyl halides is 5. The van der Waals surface area contributed by atoms with E-state index in [1.165, 1.54) is 0 Å². The van der Waals surface area contributed by atoms with Crippen LogP contribution in [0.2, 0.25) is 0 Å². The zero-order chi connectivity index (χ0) is 11.6. The Bertz CT molecular complexity index is 280. The van der Waals surface area contributed by atoms with Crippen molar-refractivity contribution < 1.29 is 39.3 Å². The van der Waals surface area contributed by atoms with Gasteiger partial charge in [-0.15, -0.1) is 0 Å². The maximum atomic E-state index is 12.3. The van der Waals surface area contributed by atoms with E-state index in [-0.39, 0.29) is 0 Å². The molecule has 10 heteroatoms. The van der Waals surface area contributed by atoms with Gasteiger partial charge in [-0.05, 0) is 4.53 Å². The van der Waals surface area contributed by atoms with Crippen LogP contribution in [0, 0.1) is 0 Å². The van der Waals surface area contributed by atoms with Crippen molar-refractivity contribution in [2.45, 2.75) is 24.3 Å². The summed E-state index contributed by atoms with van der Waals surface area (Å²) in [5.41, 5.74) is 0. The molecule has 0 spiro atoms. The molecule has 3 nitrogen and oxygen atoms in total. The highest BCUT2D eigenvalue weighted by atomic mass is 32.2. The van der Waals surface area contributed by atoms with E-state index in [1.807, 2.05) is 4.39 Å². The van der Waals surface area contributed by atoms with E-state index in [1.54, 1.807) is 0 Å². The molecule has 0 bridgehead atoms. The molecule has 0 aromatic rings. The molecule has 0 unspecified atom stereocenters. The minimum absolute atomic E-state index is 1.92. The summed E-state index contributed by atoms with van der Waals surface area (Å²) in [5.74, 6) is 0. The summed E-state index contributed by atoms with van der Waals surface area (Å²) >= 11 is 0. The molecule has 0 fully saturated rings. The number of hydrogen-bond donors (Lipinski definition) is 0. The topological polar surface area (TPSA) is 43.4 Å². The molecular formula is C4H4F6O3S. The second-order valence-corrected chi connectivity index (χ2v) is 3.90. The molecule has 0 radical (unpaired) electrons. The van der Waals surface area contributed by atoms with Crippen molar-refractivity contribution in [3.05, 3.63) is 0 Å². The fourth-order valence-electron chi connectivity index (χ4n) is 0.458. The molecule has 0 atom stereocenters. The standard InChI is InChI=1S/C4H4F6O3S/c5-3(6,7)1-2-4(8,9)14(11,12)13-10/h1-2H2. The second kappa shape index (κ2) is 3.93. The van der Waals surface area contributed by atoms with Gasteiger partial charge >= 0.3 is 21.5 Å². The molecule has 0 heterocycles. The third kappa shape index (κ3) is 3.70. The van der Waals surface area contributed by atoms with Crippen LogP contribution in [0.3, 0.4) is 0 Å². The van der Waals surface area contributed by atoms with Gasteiger partial charge in [0.05, 0.1) is 6.42 Å². The van der Waals surface area contributed by atoms with Crippen molar-refractivity contribution in [1.82, 2.24) is 0 Å². The molecular weight excluding hydrogens is 242 g/mol. The van der Waals surface area contributed by atoms with Crippen LogP contribution < -0.4 is 0 Å². The van der Waals surface area contributed by atoms with Crippen LogP contribution in [0.1, 0.15) is 12.8 Å². The zero-order valence-electron chi connectivity index (χ0n) is 6.31. The normalized spacial score (nSPS) is 14.4. The van der Waals surface area contributed by atoms with E-state index < -0.39 is 34.4 Å².